The molecule has 116 valence electrons. The maximum atomic E-state index is 12.0. The van der Waals surface area contributed by atoms with Crippen molar-refractivity contribution >= 4 is 23.2 Å². The molecule has 6 nitrogen and oxygen atoms in total. The molecule has 1 amide bonds. The van der Waals surface area contributed by atoms with Gasteiger partial charge in [0.25, 0.3) is 0 Å². The van der Waals surface area contributed by atoms with Gasteiger partial charge in [-0.1, -0.05) is 35.5 Å². The van der Waals surface area contributed by atoms with E-state index in [0.29, 0.717) is 23.7 Å². The van der Waals surface area contributed by atoms with Crippen molar-refractivity contribution in [2.24, 2.45) is 0 Å². The highest BCUT2D eigenvalue weighted by Gasteiger charge is 2.05. The van der Waals surface area contributed by atoms with Crippen LogP contribution in [0.4, 0.5) is 17.3 Å². The van der Waals surface area contributed by atoms with Gasteiger partial charge in [0.1, 0.15) is 11.6 Å². The summed E-state index contributed by atoms with van der Waals surface area (Å²) >= 11 is 0. The molecule has 0 saturated heterocycles. The number of aromatic nitrogens is 2. The van der Waals surface area contributed by atoms with E-state index < -0.39 is 0 Å². The topological polar surface area (TPSA) is 80.0 Å². The fourth-order valence-electron chi connectivity index (χ4n) is 2.08. The maximum absolute atomic E-state index is 12.0. The Morgan fingerprint density at radius 3 is 2.61 bits per heavy atom. The van der Waals surface area contributed by atoms with Crippen molar-refractivity contribution in [2.45, 2.75) is 13.3 Å². The minimum absolute atomic E-state index is 0.0779. The molecular formula is C17H16N4O2. The van der Waals surface area contributed by atoms with E-state index in [-0.39, 0.29) is 5.91 Å². The molecule has 6 heteroatoms. The van der Waals surface area contributed by atoms with Crippen LogP contribution in [0.5, 0.6) is 0 Å². The van der Waals surface area contributed by atoms with Crippen LogP contribution in [-0.2, 0) is 11.2 Å². The quantitative estimate of drug-likeness (QED) is 0.756. The van der Waals surface area contributed by atoms with Crippen LogP contribution in [0.25, 0.3) is 0 Å². The number of amides is 1. The van der Waals surface area contributed by atoms with Crippen LogP contribution >= 0.6 is 0 Å². The molecule has 0 radical (unpaired) electrons. The van der Waals surface area contributed by atoms with Crippen molar-refractivity contribution in [3.8, 4) is 0 Å². The van der Waals surface area contributed by atoms with E-state index in [1.165, 1.54) is 0 Å². The molecule has 0 spiro atoms. The average molecular weight is 308 g/mol. The second kappa shape index (κ2) is 6.74. The fourth-order valence-corrected chi connectivity index (χ4v) is 2.08. The highest BCUT2D eigenvalue weighted by Crippen LogP contribution is 2.16. The van der Waals surface area contributed by atoms with Gasteiger partial charge in [-0.15, -0.1) is 0 Å². The molecule has 0 fully saturated rings. The number of rotatable bonds is 5. The second-order valence-corrected chi connectivity index (χ2v) is 5.09. The van der Waals surface area contributed by atoms with Gasteiger partial charge in [0.05, 0.1) is 18.3 Å². The molecule has 2 aromatic heterocycles. The molecule has 0 atom stereocenters. The summed E-state index contributed by atoms with van der Waals surface area (Å²) in [4.78, 5) is 16.2. The van der Waals surface area contributed by atoms with Gasteiger partial charge in [-0.05, 0) is 24.6 Å². The van der Waals surface area contributed by atoms with Crippen molar-refractivity contribution < 1.29 is 9.32 Å². The van der Waals surface area contributed by atoms with Crippen molar-refractivity contribution in [3.63, 3.8) is 0 Å². The van der Waals surface area contributed by atoms with Crippen LogP contribution in [0.1, 0.15) is 11.3 Å². The van der Waals surface area contributed by atoms with E-state index in [1.54, 1.807) is 24.4 Å². The standard InChI is InChI=1S/C17H16N4O2/c1-12-9-16(21-23-12)20-15-8-7-14(11-18-15)19-17(22)10-13-5-3-2-4-6-13/h2-9,11H,10H2,1H3,(H,19,22)(H,18,20,21). The van der Waals surface area contributed by atoms with Crippen LogP contribution in [0, 0.1) is 6.92 Å². The Morgan fingerprint density at radius 2 is 1.96 bits per heavy atom. The third-order valence-corrected chi connectivity index (χ3v) is 3.14. The first-order chi connectivity index (χ1) is 11.2. The van der Waals surface area contributed by atoms with Gasteiger partial charge in [-0.3, -0.25) is 4.79 Å². The number of carbonyl (C=O) groups excluding carboxylic acids is 1. The number of aryl methyl sites for hydroxylation is 1. The Hall–Kier alpha value is -3.15. The highest BCUT2D eigenvalue weighted by molar-refractivity contribution is 5.92. The molecule has 0 bridgehead atoms. The minimum Gasteiger partial charge on any atom is -0.360 e. The first-order valence-corrected chi connectivity index (χ1v) is 7.19. The van der Waals surface area contributed by atoms with Crippen molar-refractivity contribution in [1.82, 2.24) is 10.1 Å². The van der Waals surface area contributed by atoms with Crippen molar-refractivity contribution in [3.05, 3.63) is 66.1 Å². The zero-order chi connectivity index (χ0) is 16.1. The van der Waals surface area contributed by atoms with Crippen molar-refractivity contribution in [1.29, 1.82) is 0 Å². The Morgan fingerprint density at radius 1 is 1.13 bits per heavy atom. The normalized spacial score (nSPS) is 10.3. The first-order valence-electron chi connectivity index (χ1n) is 7.19. The summed E-state index contributed by atoms with van der Waals surface area (Å²) < 4.78 is 4.97. The molecule has 0 unspecified atom stereocenters. The van der Waals surface area contributed by atoms with Gasteiger partial charge >= 0.3 is 0 Å². The molecule has 3 aromatic rings. The third kappa shape index (κ3) is 4.16. The van der Waals surface area contributed by atoms with Crippen LogP contribution in [0.2, 0.25) is 0 Å². The van der Waals surface area contributed by atoms with E-state index in [9.17, 15) is 4.79 Å². The average Bonchev–Trinajstić information content (AvgIpc) is 2.95. The molecule has 0 aliphatic carbocycles. The number of anilines is 3. The number of benzene rings is 1. The zero-order valence-corrected chi connectivity index (χ0v) is 12.6. The summed E-state index contributed by atoms with van der Waals surface area (Å²) in [6, 6.07) is 14.9. The smallest absolute Gasteiger partial charge is 0.228 e. The zero-order valence-electron chi connectivity index (χ0n) is 12.6. The van der Waals surface area contributed by atoms with Gasteiger partial charge in [-0.2, -0.15) is 0 Å². The van der Waals surface area contributed by atoms with Crippen molar-refractivity contribution in [2.75, 3.05) is 10.6 Å². The van der Waals surface area contributed by atoms with Crippen LogP contribution in [0.15, 0.2) is 59.3 Å². The summed E-state index contributed by atoms with van der Waals surface area (Å²) in [5, 5.41) is 9.67. The summed E-state index contributed by atoms with van der Waals surface area (Å²) in [6.45, 7) is 1.82. The van der Waals surface area contributed by atoms with E-state index in [0.717, 1.165) is 11.3 Å². The predicted molar refractivity (Wildman–Crippen MR) is 87.5 cm³/mol. The molecule has 0 saturated carbocycles. The van der Waals surface area contributed by atoms with Gasteiger partial charge in [0.2, 0.25) is 5.91 Å². The SMILES string of the molecule is Cc1cc(Nc2ccc(NC(=O)Cc3ccccc3)cn2)no1. The number of hydrogen-bond acceptors (Lipinski definition) is 5. The lowest BCUT2D eigenvalue weighted by Crippen LogP contribution is -2.14. The monoisotopic (exact) mass is 308 g/mol. The van der Waals surface area contributed by atoms with Gasteiger partial charge < -0.3 is 15.2 Å². The maximum Gasteiger partial charge on any atom is 0.228 e. The van der Waals surface area contributed by atoms with Crippen LogP contribution in [-0.4, -0.2) is 16.0 Å². The lowest BCUT2D eigenvalue weighted by molar-refractivity contribution is -0.115. The summed E-state index contributed by atoms with van der Waals surface area (Å²) in [6.07, 6.45) is 1.93. The lowest BCUT2D eigenvalue weighted by Gasteiger charge is -2.06. The highest BCUT2D eigenvalue weighted by atomic mass is 16.5. The summed E-state index contributed by atoms with van der Waals surface area (Å²) in [7, 11) is 0. The lowest BCUT2D eigenvalue weighted by atomic mass is 10.1. The minimum atomic E-state index is -0.0779. The number of nitrogens with zero attached hydrogens (tertiary/aromatic N) is 2. The predicted octanol–water partition coefficient (Wildman–Crippen LogP) is 3.30. The van der Waals surface area contributed by atoms with Gasteiger partial charge in [-0.25, -0.2) is 4.98 Å². The second-order valence-electron chi connectivity index (χ2n) is 5.09. The van der Waals surface area contributed by atoms with Gasteiger partial charge in [0, 0.05) is 6.07 Å². The largest absolute Gasteiger partial charge is 0.360 e. The molecule has 0 aliphatic rings. The number of nitrogens with one attached hydrogen (secondary N) is 2. The Bertz CT molecular complexity index is 782. The number of hydrogen-bond donors (Lipinski definition) is 2. The Balaban J connectivity index is 1.57. The molecule has 3 rings (SSSR count). The Labute approximate surface area is 133 Å². The molecule has 1 aromatic carbocycles. The third-order valence-electron chi connectivity index (χ3n) is 3.14. The fraction of sp³-hybridized carbons (Fsp3) is 0.118. The first kappa shape index (κ1) is 14.8. The van der Waals surface area contributed by atoms with E-state index in [2.05, 4.69) is 20.8 Å². The summed E-state index contributed by atoms with van der Waals surface area (Å²) in [5.41, 5.74) is 1.62. The molecule has 0 aliphatic heterocycles. The van der Waals surface area contributed by atoms with E-state index in [4.69, 9.17) is 4.52 Å². The van der Waals surface area contributed by atoms with E-state index >= 15 is 0 Å². The van der Waals surface area contributed by atoms with Crippen LogP contribution in [0.3, 0.4) is 0 Å². The molecular weight excluding hydrogens is 292 g/mol. The number of carbonyl (C=O) groups is 1. The Kier molecular flexibility index (Phi) is 4.33. The summed E-state index contributed by atoms with van der Waals surface area (Å²) in [5.74, 6) is 1.86. The molecule has 23 heavy (non-hydrogen) atoms. The number of pyridine rings is 1. The van der Waals surface area contributed by atoms with Crippen LogP contribution < -0.4 is 10.6 Å². The van der Waals surface area contributed by atoms with E-state index in [1.807, 2.05) is 37.3 Å². The molecule has 2 N–H and O–H groups in total. The molecule has 2 heterocycles. The van der Waals surface area contributed by atoms with Gasteiger partial charge in [0.15, 0.2) is 5.82 Å².